The van der Waals surface area contributed by atoms with Crippen LogP contribution in [0.15, 0.2) is 23.1 Å². The summed E-state index contributed by atoms with van der Waals surface area (Å²) in [5.74, 6) is 0.790. The fraction of sp³-hybridized carbons (Fsp3) is 0.750. The molecule has 4 heteroatoms. The number of rotatable bonds is 3. The van der Waals surface area contributed by atoms with Gasteiger partial charge in [-0.05, 0) is 41.6 Å². The van der Waals surface area contributed by atoms with E-state index in [0.717, 1.165) is 6.42 Å². The zero-order chi connectivity index (χ0) is 15.8. The van der Waals surface area contributed by atoms with Gasteiger partial charge in [-0.1, -0.05) is 53.7 Å². The second-order valence-corrected chi connectivity index (χ2v) is 9.50. The van der Waals surface area contributed by atoms with E-state index in [2.05, 4.69) is 41.5 Å². The van der Waals surface area contributed by atoms with E-state index < -0.39 is 10.1 Å². The summed E-state index contributed by atoms with van der Waals surface area (Å²) in [6.45, 7) is 13.4. The molecule has 1 aliphatic carbocycles. The normalized spacial score (nSPS) is 22.6. The van der Waals surface area contributed by atoms with Crippen LogP contribution in [0, 0.1) is 22.7 Å². The molecule has 0 aromatic carbocycles. The molecule has 0 spiro atoms. The maximum atomic E-state index is 11.1. The van der Waals surface area contributed by atoms with E-state index in [1.54, 1.807) is 12.2 Å². The van der Waals surface area contributed by atoms with E-state index in [-0.39, 0.29) is 15.7 Å². The molecule has 2 unspecified atom stereocenters. The van der Waals surface area contributed by atoms with Crippen molar-refractivity contribution in [1.82, 2.24) is 0 Å². The monoisotopic (exact) mass is 300 g/mol. The summed E-state index contributed by atoms with van der Waals surface area (Å²) in [6.07, 6.45) is 6.89. The zero-order valence-corrected chi connectivity index (χ0v) is 14.3. The smallest absolute Gasteiger partial charge is 0.282 e. The molecule has 3 nitrogen and oxygen atoms in total. The highest BCUT2D eigenvalue weighted by Gasteiger charge is 2.34. The van der Waals surface area contributed by atoms with Gasteiger partial charge >= 0.3 is 0 Å². The fourth-order valence-corrected chi connectivity index (χ4v) is 3.42. The lowest BCUT2D eigenvalue weighted by Crippen LogP contribution is -2.31. The molecule has 1 aliphatic rings. The highest BCUT2D eigenvalue weighted by molar-refractivity contribution is 7.90. The Balaban J connectivity index is 2.94. The molecule has 1 N–H and O–H groups in total. The van der Waals surface area contributed by atoms with Gasteiger partial charge in [-0.3, -0.25) is 4.55 Å². The quantitative estimate of drug-likeness (QED) is 0.784. The van der Waals surface area contributed by atoms with E-state index in [1.807, 2.05) is 6.08 Å². The van der Waals surface area contributed by atoms with Gasteiger partial charge in [0, 0.05) is 0 Å². The minimum Gasteiger partial charge on any atom is -0.282 e. The van der Waals surface area contributed by atoms with E-state index in [1.165, 1.54) is 0 Å². The second kappa shape index (κ2) is 5.64. The highest BCUT2D eigenvalue weighted by atomic mass is 32.2. The van der Waals surface area contributed by atoms with Crippen LogP contribution in [0.25, 0.3) is 0 Å². The molecule has 0 saturated carbocycles. The lowest BCUT2D eigenvalue weighted by Gasteiger charge is -2.40. The van der Waals surface area contributed by atoms with Crippen molar-refractivity contribution in [2.75, 3.05) is 0 Å². The molecule has 1 rings (SSSR count). The molecule has 2 atom stereocenters. The minimum atomic E-state index is -4.07. The first-order valence-electron chi connectivity index (χ1n) is 7.16. The van der Waals surface area contributed by atoms with E-state index in [4.69, 9.17) is 4.55 Å². The standard InChI is InChI=1S/C16H28O3S/c1-15(2,3)11-14(16(4,5)6)12-7-9-13(10-8-12)20(17,18)19/h7,9-10,12,14H,8,11H2,1-6H3,(H,17,18,19). The van der Waals surface area contributed by atoms with E-state index in [0.29, 0.717) is 18.3 Å². The first-order valence-corrected chi connectivity index (χ1v) is 8.60. The Bertz CT molecular complexity index is 499. The Kier molecular flexibility index (Phi) is 4.92. The molecule has 0 radical (unpaired) electrons. The average molecular weight is 300 g/mol. The molecular formula is C16H28O3S. The topological polar surface area (TPSA) is 54.4 Å². The van der Waals surface area contributed by atoms with Gasteiger partial charge in [0.2, 0.25) is 0 Å². The minimum absolute atomic E-state index is 0.0252. The van der Waals surface area contributed by atoms with Crippen LogP contribution in [0.2, 0.25) is 0 Å². The van der Waals surface area contributed by atoms with Gasteiger partial charge in [0.15, 0.2) is 0 Å². The number of allylic oxidation sites excluding steroid dienone is 3. The number of hydrogen-bond acceptors (Lipinski definition) is 2. The zero-order valence-electron chi connectivity index (χ0n) is 13.5. The van der Waals surface area contributed by atoms with Gasteiger partial charge < -0.3 is 0 Å². The summed E-state index contributed by atoms with van der Waals surface area (Å²) in [5.41, 5.74) is 0.393. The SMILES string of the molecule is CC(C)(C)CC(C1C=CC(S(=O)(=O)O)=CC1)C(C)(C)C. The Morgan fingerprint density at radius 3 is 2.10 bits per heavy atom. The van der Waals surface area contributed by atoms with Gasteiger partial charge in [0.1, 0.15) is 0 Å². The summed E-state index contributed by atoms with van der Waals surface area (Å²) in [5, 5.41) is 0. The van der Waals surface area contributed by atoms with Crippen molar-refractivity contribution in [3.8, 4) is 0 Å². The van der Waals surface area contributed by atoms with Crippen LogP contribution >= 0.6 is 0 Å². The third-order valence-corrected chi connectivity index (χ3v) is 4.76. The van der Waals surface area contributed by atoms with Crippen molar-refractivity contribution >= 4 is 10.1 Å². The third kappa shape index (κ3) is 5.06. The summed E-state index contributed by atoms with van der Waals surface area (Å²) in [6, 6.07) is 0. The van der Waals surface area contributed by atoms with Gasteiger partial charge in [-0.2, -0.15) is 8.42 Å². The van der Waals surface area contributed by atoms with Crippen molar-refractivity contribution in [1.29, 1.82) is 0 Å². The van der Waals surface area contributed by atoms with Crippen LogP contribution in [0.3, 0.4) is 0 Å². The molecule has 0 heterocycles. The molecule has 116 valence electrons. The Labute approximate surface area is 123 Å². The molecule has 0 bridgehead atoms. The number of hydrogen-bond donors (Lipinski definition) is 1. The summed E-state index contributed by atoms with van der Waals surface area (Å²) >= 11 is 0. The average Bonchev–Trinajstić information content (AvgIpc) is 2.22. The molecule has 0 aromatic heterocycles. The predicted molar refractivity (Wildman–Crippen MR) is 83.9 cm³/mol. The molecule has 0 aromatic rings. The van der Waals surface area contributed by atoms with Crippen LogP contribution in [0.4, 0.5) is 0 Å². The van der Waals surface area contributed by atoms with Crippen molar-refractivity contribution in [2.24, 2.45) is 22.7 Å². The van der Waals surface area contributed by atoms with Crippen molar-refractivity contribution in [2.45, 2.75) is 54.4 Å². The molecule has 0 fully saturated rings. The largest absolute Gasteiger partial charge is 0.294 e. The molecule has 0 aliphatic heterocycles. The third-order valence-electron chi connectivity index (χ3n) is 3.86. The van der Waals surface area contributed by atoms with Gasteiger partial charge in [0.25, 0.3) is 10.1 Å². The maximum absolute atomic E-state index is 11.1. The Hall–Kier alpha value is -0.610. The summed E-state index contributed by atoms with van der Waals surface area (Å²) < 4.78 is 31.3. The van der Waals surface area contributed by atoms with Gasteiger partial charge in [-0.15, -0.1) is 0 Å². The first-order chi connectivity index (χ1) is 8.81. The van der Waals surface area contributed by atoms with E-state index in [9.17, 15) is 8.42 Å². The predicted octanol–water partition coefficient (Wildman–Crippen LogP) is 4.43. The first kappa shape index (κ1) is 17.4. The Morgan fingerprint density at radius 2 is 1.80 bits per heavy atom. The lowest BCUT2D eigenvalue weighted by molar-refractivity contribution is 0.123. The van der Waals surface area contributed by atoms with Crippen LogP contribution < -0.4 is 0 Å². The van der Waals surface area contributed by atoms with Crippen LogP contribution in [-0.4, -0.2) is 13.0 Å². The second-order valence-electron chi connectivity index (χ2n) is 8.08. The maximum Gasteiger partial charge on any atom is 0.294 e. The van der Waals surface area contributed by atoms with Crippen LogP contribution in [0.5, 0.6) is 0 Å². The highest BCUT2D eigenvalue weighted by Crippen LogP contribution is 2.43. The molecule has 0 amide bonds. The lowest BCUT2D eigenvalue weighted by atomic mass is 9.65. The van der Waals surface area contributed by atoms with Crippen molar-refractivity contribution in [3.05, 3.63) is 23.1 Å². The van der Waals surface area contributed by atoms with Crippen molar-refractivity contribution < 1.29 is 13.0 Å². The van der Waals surface area contributed by atoms with Crippen LogP contribution in [-0.2, 0) is 10.1 Å². The van der Waals surface area contributed by atoms with Gasteiger partial charge in [-0.25, -0.2) is 0 Å². The van der Waals surface area contributed by atoms with Gasteiger partial charge in [0.05, 0.1) is 4.91 Å². The van der Waals surface area contributed by atoms with Crippen LogP contribution in [0.1, 0.15) is 54.4 Å². The molecule has 20 heavy (non-hydrogen) atoms. The molecular weight excluding hydrogens is 272 g/mol. The summed E-state index contributed by atoms with van der Waals surface area (Å²) in [4.78, 5) is 0.0252. The van der Waals surface area contributed by atoms with Crippen molar-refractivity contribution in [3.63, 3.8) is 0 Å². The Morgan fingerprint density at radius 1 is 1.25 bits per heavy atom. The summed E-state index contributed by atoms with van der Waals surface area (Å²) in [7, 11) is -4.07. The van der Waals surface area contributed by atoms with E-state index >= 15 is 0 Å². The molecule has 0 saturated heterocycles. The fourth-order valence-electron chi connectivity index (χ4n) is 2.87.